The number of carbonyl (C=O) groups is 1. The van der Waals surface area contributed by atoms with E-state index in [4.69, 9.17) is 16.3 Å². The summed E-state index contributed by atoms with van der Waals surface area (Å²) in [5.41, 5.74) is 0.655. The summed E-state index contributed by atoms with van der Waals surface area (Å²) in [5, 5.41) is 3.41. The number of hydrogen-bond donors (Lipinski definition) is 1. The zero-order chi connectivity index (χ0) is 21.5. The van der Waals surface area contributed by atoms with Crippen LogP contribution in [0.5, 0.6) is 5.75 Å². The van der Waals surface area contributed by atoms with Gasteiger partial charge in [-0.15, -0.1) is 0 Å². The van der Waals surface area contributed by atoms with Crippen molar-refractivity contribution in [1.29, 1.82) is 0 Å². The van der Waals surface area contributed by atoms with Gasteiger partial charge in [0.25, 0.3) is 15.9 Å². The Kier molecular flexibility index (Phi) is 5.68. The molecule has 0 saturated heterocycles. The van der Waals surface area contributed by atoms with E-state index in [9.17, 15) is 13.2 Å². The molecule has 0 aromatic heterocycles. The number of halogens is 1. The summed E-state index contributed by atoms with van der Waals surface area (Å²) in [6.45, 7) is 0. The molecule has 160 valence electrons. The summed E-state index contributed by atoms with van der Waals surface area (Å²) in [6.07, 6.45) is 4.61. The molecule has 2 aliphatic rings. The molecule has 0 heterocycles. The third-order valence-electron chi connectivity index (χ3n) is 6.33. The largest absolute Gasteiger partial charge is 0.497 e. The summed E-state index contributed by atoms with van der Waals surface area (Å²) >= 11 is 6.28. The topological polar surface area (TPSA) is 75.7 Å². The second kappa shape index (κ2) is 8.12. The van der Waals surface area contributed by atoms with E-state index in [1.807, 2.05) is 0 Å². The van der Waals surface area contributed by atoms with Gasteiger partial charge in [-0.1, -0.05) is 18.0 Å². The van der Waals surface area contributed by atoms with Gasteiger partial charge in [0.05, 0.1) is 28.3 Å². The third-order valence-corrected chi connectivity index (χ3v) is 8.46. The zero-order valence-corrected chi connectivity index (χ0v) is 18.5. The number of anilines is 1. The maximum absolute atomic E-state index is 13.0. The first-order valence-corrected chi connectivity index (χ1v) is 11.8. The van der Waals surface area contributed by atoms with Crippen molar-refractivity contribution in [3.63, 3.8) is 0 Å². The standard InChI is InChI=1S/C22H25ClN2O4S/c1-25(30(27,28)18-8-6-17(29-2)7-9-18)16-5-10-20(23)19(13-16)22(26)24-21-12-14-3-4-15(21)11-14/h5-10,13-15,21H,3-4,11-12H2,1-2H3,(H,24,26)/t14?,15?,21-/m1/s1. The number of ether oxygens (including phenoxy) is 1. The fourth-order valence-corrected chi connectivity index (χ4v) is 5.99. The van der Waals surface area contributed by atoms with Crippen molar-refractivity contribution in [3.05, 3.63) is 53.1 Å². The Morgan fingerprint density at radius 3 is 2.47 bits per heavy atom. The van der Waals surface area contributed by atoms with Crippen LogP contribution in [0.4, 0.5) is 5.69 Å². The molecule has 2 unspecified atom stereocenters. The Morgan fingerprint density at radius 2 is 1.87 bits per heavy atom. The van der Waals surface area contributed by atoms with Gasteiger partial charge in [-0.2, -0.15) is 0 Å². The number of sulfonamides is 1. The smallest absolute Gasteiger partial charge is 0.264 e. The molecule has 2 saturated carbocycles. The molecule has 4 rings (SSSR count). The van der Waals surface area contributed by atoms with E-state index in [0.29, 0.717) is 28.3 Å². The van der Waals surface area contributed by atoms with Crippen molar-refractivity contribution in [1.82, 2.24) is 5.32 Å². The van der Waals surface area contributed by atoms with Gasteiger partial charge in [0, 0.05) is 13.1 Å². The number of methoxy groups -OCH3 is 1. The third kappa shape index (κ3) is 3.88. The van der Waals surface area contributed by atoms with Crippen LogP contribution in [0.25, 0.3) is 0 Å². The molecule has 30 heavy (non-hydrogen) atoms. The zero-order valence-electron chi connectivity index (χ0n) is 17.0. The number of fused-ring (bicyclic) bond motifs is 2. The SMILES string of the molecule is COc1ccc(S(=O)(=O)N(C)c2ccc(Cl)c(C(=O)N[C@@H]3CC4CCC3C4)c2)cc1. The molecule has 0 spiro atoms. The lowest BCUT2D eigenvalue weighted by atomic mass is 9.95. The van der Waals surface area contributed by atoms with Crippen LogP contribution in [-0.4, -0.2) is 34.5 Å². The monoisotopic (exact) mass is 448 g/mol. The van der Waals surface area contributed by atoms with Crippen molar-refractivity contribution in [2.45, 2.75) is 36.6 Å². The van der Waals surface area contributed by atoms with Crippen LogP contribution in [0, 0.1) is 11.8 Å². The van der Waals surface area contributed by atoms with Gasteiger partial charge in [-0.25, -0.2) is 8.42 Å². The number of hydrogen-bond acceptors (Lipinski definition) is 4. The number of nitrogens with zero attached hydrogens (tertiary/aromatic N) is 1. The Labute approximate surface area is 182 Å². The lowest BCUT2D eigenvalue weighted by Gasteiger charge is -2.24. The summed E-state index contributed by atoms with van der Waals surface area (Å²) in [5.74, 6) is 1.57. The van der Waals surface area contributed by atoms with E-state index >= 15 is 0 Å². The Bertz CT molecular complexity index is 1060. The average molecular weight is 449 g/mol. The average Bonchev–Trinajstić information content (AvgIpc) is 3.36. The molecular formula is C22H25ClN2O4S. The molecule has 2 fully saturated rings. The molecule has 0 aliphatic heterocycles. The van der Waals surface area contributed by atoms with Gasteiger partial charge in [-0.3, -0.25) is 9.10 Å². The highest BCUT2D eigenvalue weighted by molar-refractivity contribution is 7.92. The number of rotatable bonds is 6. The van der Waals surface area contributed by atoms with Crippen LogP contribution in [0.3, 0.4) is 0 Å². The van der Waals surface area contributed by atoms with Gasteiger partial charge in [0.1, 0.15) is 5.75 Å². The van der Waals surface area contributed by atoms with E-state index in [1.165, 1.54) is 45.2 Å². The van der Waals surface area contributed by atoms with Crippen molar-refractivity contribution in [2.75, 3.05) is 18.5 Å². The molecule has 2 bridgehead atoms. The first-order valence-electron chi connectivity index (χ1n) is 10.0. The number of nitrogens with one attached hydrogen (secondary N) is 1. The number of benzene rings is 2. The highest BCUT2D eigenvalue weighted by Gasteiger charge is 2.40. The maximum Gasteiger partial charge on any atom is 0.264 e. The van der Waals surface area contributed by atoms with Crippen LogP contribution in [0.2, 0.25) is 5.02 Å². The normalized spacial score (nSPS) is 22.7. The van der Waals surface area contributed by atoms with E-state index in [0.717, 1.165) is 17.1 Å². The minimum absolute atomic E-state index is 0.133. The molecule has 2 aromatic carbocycles. The lowest BCUT2D eigenvalue weighted by molar-refractivity contribution is 0.0923. The Morgan fingerprint density at radius 1 is 1.13 bits per heavy atom. The fraction of sp³-hybridized carbons (Fsp3) is 0.409. The highest BCUT2D eigenvalue weighted by atomic mass is 35.5. The molecule has 1 N–H and O–H groups in total. The minimum atomic E-state index is -3.80. The summed E-state index contributed by atoms with van der Waals surface area (Å²) in [7, 11) is -0.819. The van der Waals surface area contributed by atoms with Crippen molar-refractivity contribution < 1.29 is 17.9 Å². The van der Waals surface area contributed by atoms with Crippen molar-refractivity contribution in [2.24, 2.45) is 11.8 Å². The Hall–Kier alpha value is -2.25. The van der Waals surface area contributed by atoms with Crippen LogP contribution in [0.15, 0.2) is 47.4 Å². The van der Waals surface area contributed by atoms with Crippen LogP contribution >= 0.6 is 11.6 Å². The van der Waals surface area contributed by atoms with E-state index < -0.39 is 10.0 Å². The van der Waals surface area contributed by atoms with Gasteiger partial charge >= 0.3 is 0 Å². The van der Waals surface area contributed by atoms with Crippen LogP contribution < -0.4 is 14.4 Å². The molecule has 6 nitrogen and oxygen atoms in total. The quantitative estimate of drug-likeness (QED) is 0.722. The fourth-order valence-electron chi connectivity index (χ4n) is 4.60. The molecule has 0 radical (unpaired) electrons. The maximum atomic E-state index is 13.0. The van der Waals surface area contributed by atoms with Gasteiger partial charge < -0.3 is 10.1 Å². The number of amides is 1. The Balaban J connectivity index is 1.56. The van der Waals surface area contributed by atoms with Crippen LogP contribution in [-0.2, 0) is 10.0 Å². The lowest BCUT2D eigenvalue weighted by Crippen LogP contribution is -2.38. The summed E-state index contributed by atoms with van der Waals surface area (Å²) in [4.78, 5) is 13.0. The first kappa shape index (κ1) is 21.0. The second-order valence-corrected chi connectivity index (χ2v) is 10.4. The minimum Gasteiger partial charge on any atom is -0.497 e. The van der Waals surface area contributed by atoms with Gasteiger partial charge in [0.15, 0.2) is 0 Å². The summed E-state index contributed by atoms with van der Waals surface area (Å²) in [6, 6.07) is 11.0. The molecule has 8 heteroatoms. The van der Waals surface area contributed by atoms with Gasteiger partial charge in [-0.05, 0) is 73.6 Å². The van der Waals surface area contributed by atoms with E-state index in [1.54, 1.807) is 24.3 Å². The molecule has 3 atom stereocenters. The second-order valence-electron chi connectivity index (χ2n) is 8.07. The molecule has 1 amide bonds. The molecule has 2 aliphatic carbocycles. The van der Waals surface area contributed by atoms with Crippen molar-refractivity contribution in [3.8, 4) is 5.75 Å². The summed E-state index contributed by atoms with van der Waals surface area (Å²) < 4.78 is 32.3. The van der Waals surface area contributed by atoms with Gasteiger partial charge in [0.2, 0.25) is 0 Å². The van der Waals surface area contributed by atoms with E-state index in [-0.39, 0.29) is 22.4 Å². The van der Waals surface area contributed by atoms with Crippen LogP contribution in [0.1, 0.15) is 36.0 Å². The predicted octanol–water partition coefficient (Wildman–Crippen LogP) is 4.09. The first-order chi connectivity index (χ1) is 14.3. The van der Waals surface area contributed by atoms with E-state index in [2.05, 4.69) is 5.32 Å². The molecular weight excluding hydrogens is 424 g/mol. The molecule has 2 aromatic rings. The number of carbonyl (C=O) groups excluding carboxylic acids is 1. The highest BCUT2D eigenvalue weighted by Crippen LogP contribution is 2.44. The predicted molar refractivity (Wildman–Crippen MR) is 117 cm³/mol. The van der Waals surface area contributed by atoms with Crippen molar-refractivity contribution >= 4 is 33.2 Å².